The summed E-state index contributed by atoms with van der Waals surface area (Å²) in [6.07, 6.45) is 8.76. The monoisotopic (exact) mass is 474 g/mol. The number of methoxy groups -OCH3 is 1. The minimum absolute atomic E-state index is 0.0444. The van der Waals surface area contributed by atoms with E-state index in [2.05, 4.69) is 29.5 Å². The number of carbonyl (C=O) groups is 1. The van der Waals surface area contributed by atoms with E-state index in [-0.39, 0.29) is 17.9 Å². The highest BCUT2D eigenvalue weighted by atomic mass is 35.5. The van der Waals surface area contributed by atoms with Crippen LogP contribution in [0.25, 0.3) is 0 Å². The second kappa shape index (κ2) is 11.2. The molecule has 2 aromatic rings. The van der Waals surface area contributed by atoms with Crippen molar-refractivity contribution in [2.75, 3.05) is 17.7 Å². The molecule has 0 aromatic carbocycles. The zero-order valence-corrected chi connectivity index (χ0v) is 20.7. The van der Waals surface area contributed by atoms with E-state index in [0.29, 0.717) is 22.9 Å². The van der Waals surface area contributed by atoms with Gasteiger partial charge in [0.1, 0.15) is 11.6 Å². The van der Waals surface area contributed by atoms with Gasteiger partial charge >= 0.3 is 5.97 Å². The average molecular weight is 475 g/mol. The highest BCUT2D eigenvalue weighted by Crippen LogP contribution is 2.39. The van der Waals surface area contributed by atoms with Crippen LogP contribution in [-0.2, 0) is 9.53 Å². The molecule has 0 spiro atoms. The average Bonchev–Trinajstić information content (AvgIpc) is 2.76. The first-order chi connectivity index (χ1) is 15.7. The number of hydrogen-bond donors (Lipinski definition) is 3. The van der Waals surface area contributed by atoms with Gasteiger partial charge in [-0.15, -0.1) is 0 Å². The first-order valence-electron chi connectivity index (χ1n) is 11.6. The van der Waals surface area contributed by atoms with Crippen LogP contribution in [0.5, 0.6) is 0 Å². The van der Waals surface area contributed by atoms with Crippen LogP contribution in [0.4, 0.5) is 17.3 Å². The highest BCUT2D eigenvalue weighted by molar-refractivity contribution is 6.30. The van der Waals surface area contributed by atoms with Gasteiger partial charge in [0.25, 0.3) is 0 Å². The molecule has 1 fully saturated rings. The van der Waals surface area contributed by atoms with Crippen LogP contribution < -0.4 is 10.6 Å². The number of ether oxygens (including phenoxy) is 1. The van der Waals surface area contributed by atoms with Crippen molar-refractivity contribution in [1.82, 2.24) is 9.97 Å². The Morgan fingerprint density at radius 1 is 1.24 bits per heavy atom. The van der Waals surface area contributed by atoms with Crippen LogP contribution in [0.2, 0.25) is 5.02 Å². The third kappa shape index (κ3) is 7.05. The third-order valence-corrected chi connectivity index (χ3v) is 6.58. The first kappa shape index (κ1) is 25.2. The number of carboxylic acids is 1. The largest absolute Gasteiger partial charge is 0.481 e. The Bertz CT molecular complexity index is 928. The Kier molecular flexibility index (Phi) is 8.54. The highest BCUT2D eigenvalue weighted by Gasteiger charge is 2.36. The number of rotatable bonds is 10. The second-order valence-electron chi connectivity index (χ2n) is 9.59. The van der Waals surface area contributed by atoms with Crippen molar-refractivity contribution in [1.29, 1.82) is 0 Å². The molecule has 180 valence electrons. The maximum absolute atomic E-state index is 11.2. The molecule has 0 saturated heterocycles. The fourth-order valence-corrected chi connectivity index (χ4v) is 4.82. The van der Waals surface area contributed by atoms with E-state index in [1.54, 1.807) is 25.6 Å². The summed E-state index contributed by atoms with van der Waals surface area (Å²) in [5, 5.41) is 16.9. The van der Waals surface area contributed by atoms with Gasteiger partial charge in [-0.2, -0.15) is 0 Å². The fourth-order valence-electron chi connectivity index (χ4n) is 4.71. The summed E-state index contributed by atoms with van der Waals surface area (Å²) in [4.78, 5) is 20.4. The Labute approximate surface area is 201 Å². The van der Waals surface area contributed by atoms with E-state index < -0.39 is 5.97 Å². The van der Waals surface area contributed by atoms with Crippen molar-refractivity contribution in [2.24, 2.45) is 5.92 Å². The molecule has 1 aliphatic rings. The SMILES string of the molecule is COC1CCC(CC(C)C)(Nc2ncc([C@H](C)CC(=O)O)cc2Nc2ccc(Cl)cn2)CC1. The number of nitrogens with one attached hydrogen (secondary N) is 2. The number of aromatic nitrogens is 2. The molecule has 3 N–H and O–H groups in total. The number of hydrogen-bond acceptors (Lipinski definition) is 6. The van der Waals surface area contributed by atoms with Crippen LogP contribution in [-0.4, -0.2) is 39.8 Å². The summed E-state index contributed by atoms with van der Waals surface area (Å²) in [6.45, 7) is 6.38. The molecule has 0 aliphatic heterocycles. The third-order valence-electron chi connectivity index (χ3n) is 6.35. The van der Waals surface area contributed by atoms with Crippen LogP contribution in [0.1, 0.15) is 70.8 Å². The molecule has 2 heterocycles. The Morgan fingerprint density at radius 2 is 1.97 bits per heavy atom. The van der Waals surface area contributed by atoms with E-state index in [4.69, 9.17) is 21.3 Å². The summed E-state index contributed by atoms with van der Waals surface area (Å²) < 4.78 is 5.60. The van der Waals surface area contributed by atoms with E-state index in [0.717, 1.165) is 49.2 Å². The fraction of sp³-hybridized carbons (Fsp3) is 0.560. The molecule has 7 nitrogen and oxygen atoms in total. The van der Waals surface area contributed by atoms with Crippen LogP contribution in [0.3, 0.4) is 0 Å². The summed E-state index contributed by atoms with van der Waals surface area (Å²) in [6, 6.07) is 5.57. The van der Waals surface area contributed by atoms with Crippen molar-refractivity contribution in [3.63, 3.8) is 0 Å². The zero-order valence-electron chi connectivity index (χ0n) is 19.9. The van der Waals surface area contributed by atoms with Crippen LogP contribution in [0.15, 0.2) is 30.6 Å². The van der Waals surface area contributed by atoms with Crippen molar-refractivity contribution in [3.8, 4) is 0 Å². The molecule has 3 rings (SSSR count). The van der Waals surface area contributed by atoms with Crippen molar-refractivity contribution < 1.29 is 14.6 Å². The normalized spacial score (nSPS) is 21.6. The van der Waals surface area contributed by atoms with E-state index in [9.17, 15) is 9.90 Å². The van der Waals surface area contributed by atoms with Gasteiger partial charge in [-0.1, -0.05) is 32.4 Å². The van der Waals surface area contributed by atoms with E-state index >= 15 is 0 Å². The molecular formula is C25H35ClN4O3. The molecule has 33 heavy (non-hydrogen) atoms. The molecule has 0 unspecified atom stereocenters. The van der Waals surface area contributed by atoms with Crippen molar-refractivity contribution in [3.05, 3.63) is 41.2 Å². The van der Waals surface area contributed by atoms with Crippen molar-refractivity contribution >= 4 is 34.9 Å². The lowest BCUT2D eigenvalue weighted by atomic mass is 9.75. The maximum Gasteiger partial charge on any atom is 0.303 e. The van der Waals surface area contributed by atoms with E-state index in [1.165, 1.54) is 0 Å². The molecule has 2 aromatic heterocycles. The van der Waals surface area contributed by atoms with Gasteiger partial charge in [-0.25, -0.2) is 9.97 Å². The predicted molar refractivity (Wildman–Crippen MR) is 133 cm³/mol. The molecule has 0 radical (unpaired) electrons. The lowest BCUT2D eigenvalue weighted by Gasteiger charge is -2.42. The van der Waals surface area contributed by atoms with E-state index in [1.807, 2.05) is 19.1 Å². The van der Waals surface area contributed by atoms with Crippen molar-refractivity contribution in [2.45, 2.75) is 76.9 Å². The number of aliphatic carboxylic acids is 1. The van der Waals surface area contributed by atoms with Gasteiger partial charge < -0.3 is 20.5 Å². The summed E-state index contributed by atoms with van der Waals surface area (Å²) in [5.74, 6) is 0.928. The summed E-state index contributed by atoms with van der Waals surface area (Å²) in [5.41, 5.74) is 1.56. The predicted octanol–water partition coefficient (Wildman–Crippen LogP) is 6.24. The maximum atomic E-state index is 11.2. The summed E-state index contributed by atoms with van der Waals surface area (Å²) >= 11 is 6.00. The van der Waals surface area contributed by atoms with Gasteiger partial charge in [-0.3, -0.25) is 4.79 Å². The Hall–Kier alpha value is -2.38. The quantitative estimate of drug-likeness (QED) is 0.375. The second-order valence-corrected chi connectivity index (χ2v) is 10.0. The smallest absolute Gasteiger partial charge is 0.303 e. The van der Waals surface area contributed by atoms with Gasteiger partial charge in [0.05, 0.1) is 23.2 Å². The standard InChI is InChI=1S/C25H35ClN4O3/c1-16(2)13-25(9-7-20(33-4)8-10-25)30-24-21(29-22-6-5-19(26)15-27-22)12-18(14-28-24)17(3)11-23(31)32/h5-6,12,14-17,20H,7-11,13H2,1-4H3,(H,27,29)(H,28,30)(H,31,32)/t17-,20?,25?/m1/s1. The van der Waals surface area contributed by atoms with Gasteiger partial charge in [-0.05, 0) is 67.7 Å². The minimum Gasteiger partial charge on any atom is -0.481 e. The zero-order chi connectivity index (χ0) is 24.0. The minimum atomic E-state index is -0.829. The molecule has 0 amide bonds. The van der Waals surface area contributed by atoms with Crippen LogP contribution in [0, 0.1) is 5.92 Å². The molecule has 8 heteroatoms. The lowest BCUT2D eigenvalue weighted by molar-refractivity contribution is -0.137. The topological polar surface area (TPSA) is 96.4 Å². The van der Waals surface area contributed by atoms with Gasteiger partial charge in [0.15, 0.2) is 0 Å². The molecule has 1 saturated carbocycles. The number of pyridine rings is 2. The van der Waals surface area contributed by atoms with Crippen LogP contribution >= 0.6 is 11.6 Å². The van der Waals surface area contributed by atoms with Gasteiger partial charge in [0, 0.05) is 25.0 Å². The number of anilines is 3. The molecule has 1 aliphatic carbocycles. The molecular weight excluding hydrogens is 440 g/mol. The number of halogens is 1. The first-order valence-corrected chi connectivity index (χ1v) is 12.0. The Morgan fingerprint density at radius 3 is 2.55 bits per heavy atom. The molecule has 1 atom stereocenters. The number of nitrogens with zero attached hydrogens (tertiary/aromatic N) is 2. The van der Waals surface area contributed by atoms with Gasteiger partial charge in [0.2, 0.25) is 0 Å². The lowest BCUT2D eigenvalue weighted by Crippen LogP contribution is -2.44. The summed E-state index contributed by atoms with van der Waals surface area (Å²) in [7, 11) is 1.78. The molecule has 0 bridgehead atoms. The number of carboxylic acid groups (broad SMARTS) is 1. The Balaban J connectivity index is 1.93.